The number of para-hydroxylation sites is 1. The number of fused-ring (bicyclic) bond motifs is 3. The molecule has 0 amide bonds. The first-order valence-corrected chi connectivity index (χ1v) is 7.92. The van der Waals surface area contributed by atoms with Gasteiger partial charge in [-0.1, -0.05) is 30.9 Å². The summed E-state index contributed by atoms with van der Waals surface area (Å²) in [5.41, 5.74) is 2.69. The molecule has 0 bridgehead atoms. The number of nitrogens with zero attached hydrogens (tertiary/aromatic N) is 1. The Morgan fingerprint density at radius 3 is 2.96 bits per heavy atom. The zero-order valence-electron chi connectivity index (χ0n) is 12.5. The van der Waals surface area contributed by atoms with Gasteiger partial charge in [-0.05, 0) is 11.6 Å². The number of hydrogen-bond acceptors (Lipinski definition) is 4. The lowest BCUT2D eigenvalue weighted by Crippen LogP contribution is -2.43. The molecule has 120 valence electrons. The van der Waals surface area contributed by atoms with Crippen LogP contribution in [-0.4, -0.2) is 35.0 Å². The first-order chi connectivity index (χ1) is 11.2. The van der Waals surface area contributed by atoms with E-state index in [0.29, 0.717) is 13.0 Å². The molecule has 0 fully saturated rings. The Bertz CT molecular complexity index is 781. The van der Waals surface area contributed by atoms with Gasteiger partial charge in [-0.25, -0.2) is 0 Å². The number of carbonyl (C=O) groups is 2. The summed E-state index contributed by atoms with van der Waals surface area (Å²) in [5.74, 6) is -0.565. The molecule has 0 aliphatic carbocycles. The van der Waals surface area contributed by atoms with Crippen molar-refractivity contribution >= 4 is 34.4 Å². The summed E-state index contributed by atoms with van der Waals surface area (Å²) in [5, 5.41) is 4.12. The maximum absolute atomic E-state index is 12.2. The Morgan fingerprint density at radius 2 is 2.22 bits per heavy atom. The maximum Gasteiger partial charge on any atom is 0.323 e. The molecule has 1 unspecified atom stereocenters. The van der Waals surface area contributed by atoms with Crippen molar-refractivity contribution in [3.05, 3.63) is 48.2 Å². The quantitative estimate of drug-likeness (QED) is 0.530. The topological polar surface area (TPSA) is 60.3 Å². The van der Waals surface area contributed by atoms with Crippen LogP contribution in [0.3, 0.4) is 0 Å². The zero-order chi connectivity index (χ0) is 16.4. The number of halogens is 1. The van der Waals surface area contributed by atoms with Gasteiger partial charge in [0.05, 0.1) is 5.52 Å². The molecule has 1 N–H and O–H groups in total. The average Bonchev–Trinajstić information content (AvgIpc) is 2.92. The van der Waals surface area contributed by atoms with Gasteiger partial charge in [0, 0.05) is 24.0 Å². The highest BCUT2D eigenvalue weighted by Crippen LogP contribution is 2.30. The molecule has 0 spiro atoms. The molecule has 1 aromatic carbocycles. The number of aromatic nitrogens is 1. The molecule has 3 rings (SSSR count). The third-order valence-electron chi connectivity index (χ3n) is 4.00. The third kappa shape index (κ3) is 2.78. The average molecular weight is 333 g/mol. The van der Waals surface area contributed by atoms with E-state index in [2.05, 4.69) is 11.9 Å². The predicted molar refractivity (Wildman–Crippen MR) is 88.8 cm³/mol. The summed E-state index contributed by atoms with van der Waals surface area (Å²) < 4.78 is 6.77. The Morgan fingerprint density at radius 1 is 1.43 bits per heavy atom. The van der Waals surface area contributed by atoms with Crippen LogP contribution in [0.1, 0.15) is 16.1 Å². The van der Waals surface area contributed by atoms with Crippen LogP contribution >= 0.6 is 11.6 Å². The van der Waals surface area contributed by atoms with Gasteiger partial charge in [-0.15, -0.1) is 11.6 Å². The van der Waals surface area contributed by atoms with Crippen molar-refractivity contribution in [2.45, 2.75) is 19.0 Å². The summed E-state index contributed by atoms with van der Waals surface area (Å²) in [7, 11) is 0. The Balaban J connectivity index is 2.01. The molecule has 0 radical (unpaired) electrons. The van der Waals surface area contributed by atoms with Crippen molar-refractivity contribution in [2.24, 2.45) is 0 Å². The molecule has 1 aromatic heterocycles. The molecule has 6 heteroatoms. The Kier molecular flexibility index (Phi) is 4.50. The highest BCUT2D eigenvalue weighted by molar-refractivity contribution is 6.28. The van der Waals surface area contributed by atoms with E-state index < -0.39 is 6.04 Å². The normalized spacial score (nSPS) is 16.8. The van der Waals surface area contributed by atoms with Crippen molar-refractivity contribution in [3.8, 4) is 0 Å². The molecule has 1 aliphatic heterocycles. The largest absolute Gasteiger partial charge is 0.460 e. The molecule has 1 atom stereocenters. The van der Waals surface area contributed by atoms with Crippen molar-refractivity contribution in [2.75, 3.05) is 12.5 Å². The molecule has 2 heterocycles. The number of nitrogens with one attached hydrogen (secondary N) is 1. The number of ether oxygens (including phenoxy) is 1. The molecule has 1 aliphatic rings. The van der Waals surface area contributed by atoms with Crippen LogP contribution in [0.15, 0.2) is 36.9 Å². The van der Waals surface area contributed by atoms with E-state index >= 15 is 0 Å². The van der Waals surface area contributed by atoms with Crippen LogP contribution in [0.5, 0.6) is 0 Å². The molecule has 2 aromatic rings. The van der Waals surface area contributed by atoms with Crippen molar-refractivity contribution < 1.29 is 14.3 Å². The van der Waals surface area contributed by atoms with E-state index in [1.807, 2.05) is 24.3 Å². The van der Waals surface area contributed by atoms with Crippen LogP contribution < -0.4 is 5.32 Å². The van der Waals surface area contributed by atoms with Crippen LogP contribution in [-0.2, 0) is 22.5 Å². The second kappa shape index (κ2) is 6.56. The van der Waals surface area contributed by atoms with Crippen molar-refractivity contribution in [1.29, 1.82) is 0 Å². The number of benzene rings is 1. The summed E-state index contributed by atoms with van der Waals surface area (Å²) in [6.07, 6.45) is 2.02. The number of rotatable bonds is 4. The summed E-state index contributed by atoms with van der Waals surface area (Å²) in [4.78, 5) is 24.3. The minimum Gasteiger partial charge on any atom is -0.460 e. The molecule has 0 saturated heterocycles. The highest BCUT2D eigenvalue weighted by Gasteiger charge is 2.30. The van der Waals surface area contributed by atoms with Gasteiger partial charge < -0.3 is 4.74 Å². The lowest BCUT2D eigenvalue weighted by molar-refractivity contribution is -0.145. The smallest absolute Gasteiger partial charge is 0.323 e. The summed E-state index contributed by atoms with van der Waals surface area (Å²) >= 11 is 5.75. The van der Waals surface area contributed by atoms with Gasteiger partial charge in [0.15, 0.2) is 0 Å². The molecular formula is C17H17ClN2O3. The van der Waals surface area contributed by atoms with Gasteiger partial charge in [-0.2, -0.15) is 0 Å². The zero-order valence-corrected chi connectivity index (χ0v) is 13.3. The molecule has 23 heavy (non-hydrogen) atoms. The van der Waals surface area contributed by atoms with Crippen LogP contribution in [0, 0.1) is 0 Å². The van der Waals surface area contributed by atoms with Gasteiger partial charge in [0.2, 0.25) is 5.91 Å². The fraction of sp³-hybridized carbons (Fsp3) is 0.294. The standard InChI is InChI=1S/C17H17ClN2O3/c1-2-7-23-17(22)13-8-12-11-5-3-4-6-14(11)20(16(21)9-18)15(12)10-19-13/h2-6,13,19H,1,7-10H2. The minimum atomic E-state index is -0.423. The van der Waals surface area contributed by atoms with Gasteiger partial charge in [-0.3, -0.25) is 19.5 Å². The Hall–Kier alpha value is -2.11. The first kappa shape index (κ1) is 15.8. The molecular weight excluding hydrogens is 316 g/mol. The van der Waals surface area contributed by atoms with Crippen molar-refractivity contribution in [1.82, 2.24) is 9.88 Å². The molecule has 5 nitrogen and oxygen atoms in total. The van der Waals surface area contributed by atoms with Gasteiger partial charge >= 0.3 is 5.97 Å². The van der Waals surface area contributed by atoms with E-state index in [9.17, 15) is 9.59 Å². The van der Waals surface area contributed by atoms with Crippen LogP contribution in [0.4, 0.5) is 0 Å². The first-order valence-electron chi connectivity index (χ1n) is 7.38. The predicted octanol–water partition coefficient (Wildman–Crippen LogP) is 2.26. The van der Waals surface area contributed by atoms with Gasteiger partial charge in [0.25, 0.3) is 0 Å². The number of esters is 1. The lowest BCUT2D eigenvalue weighted by atomic mass is 9.98. The maximum atomic E-state index is 12.2. The third-order valence-corrected chi connectivity index (χ3v) is 4.23. The fourth-order valence-electron chi connectivity index (χ4n) is 3.02. The highest BCUT2D eigenvalue weighted by atomic mass is 35.5. The van der Waals surface area contributed by atoms with Crippen molar-refractivity contribution in [3.63, 3.8) is 0 Å². The van der Waals surface area contributed by atoms with Crippen LogP contribution in [0.25, 0.3) is 10.9 Å². The van der Waals surface area contributed by atoms with E-state index in [0.717, 1.165) is 22.2 Å². The van der Waals surface area contributed by atoms with E-state index in [-0.39, 0.29) is 24.4 Å². The lowest BCUT2D eigenvalue weighted by Gasteiger charge is -2.23. The number of carbonyl (C=O) groups excluding carboxylic acids is 2. The summed E-state index contributed by atoms with van der Waals surface area (Å²) in [6, 6.07) is 7.24. The Labute approximate surface area is 138 Å². The second-order valence-electron chi connectivity index (χ2n) is 5.36. The number of hydrogen-bond donors (Lipinski definition) is 1. The van der Waals surface area contributed by atoms with E-state index in [1.165, 1.54) is 6.08 Å². The van der Waals surface area contributed by atoms with Gasteiger partial charge in [0.1, 0.15) is 18.5 Å². The van der Waals surface area contributed by atoms with E-state index in [1.54, 1.807) is 4.57 Å². The van der Waals surface area contributed by atoms with Crippen LogP contribution in [0.2, 0.25) is 0 Å². The number of alkyl halides is 1. The SMILES string of the molecule is C=CCOC(=O)C1Cc2c(n(C(=O)CCl)c3ccccc23)CN1. The second-order valence-corrected chi connectivity index (χ2v) is 5.63. The fourth-order valence-corrected chi connectivity index (χ4v) is 3.14. The van der Waals surface area contributed by atoms with E-state index in [4.69, 9.17) is 16.3 Å². The minimum absolute atomic E-state index is 0.0874. The molecule has 0 saturated carbocycles. The monoisotopic (exact) mass is 332 g/mol. The summed E-state index contributed by atoms with van der Waals surface area (Å²) in [6.45, 7) is 4.14.